The SMILES string of the molecule is CCCC(N)C(=O)NCCc1ccccc1C. The second kappa shape index (κ2) is 7.07. The molecule has 17 heavy (non-hydrogen) atoms. The average molecular weight is 234 g/mol. The van der Waals surface area contributed by atoms with Gasteiger partial charge < -0.3 is 11.1 Å². The fourth-order valence-electron chi connectivity index (χ4n) is 1.78. The first-order valence-electron chi connectivity index (χ1n) is 6.23. The topological polar surface area (TPSA) is 55.1 Å². The Hall–Kier alpha value is -1.35. The zero-order valence-corrected chi connectivity index (χ0v) is 10.7. The Morgan fingerprint density at radius 2 is 2.12 bits per heavy atom. The Morgan fingerprint density at radius 1 is 1.41 bits per heavy atom. The molecule has 0 saturated heterocycles. The molecule has 0 heterocycles. The summed E-state index contributed by atoms with van der Waals surface area (Å²) in [7, 11) is 0. The molecular formula is C14H22N2O. The van der Waals surface area contributed by atoms with Gasteiger partial charge in [-0.25, -0.2) is 0 Å². The number of nitrogens with one attached hydrogen (secondary N) is 1. The molecule has 1 amide bonds. The van der Waals surface area contributed by atoms with Gasteiger partial charge in [-0.05, 0) is 30.9 Å². The van der Waals surface area contributed by atoms with Crippen LogP contribution in [0.5, 0.6) is 0 Å². The minimum absolute atomic E-state index is 0.0413. The second-order valence-electron chi connectivity index (χ2n) is 4.36. The minimum Gasteiger partial charge on any atom is -0.354 e. The summed E-state index contributed by atoms with van der Waals surface area (Å²) in [5.74, 6) is -0.0413. The van der Waals surface area contributed by atoms with Gasteiger partial charge in [0.25, 0.3) is 0 Å². The van der Waals surface area contributed by atoms with Crippen LogP contribution in [0, 0.1) is 6.92 Å². The molecule has 0 aromatic heterocycles. The Kier molecular flexibility index (Phi) is 5.70. The van der Waals surface area contributed by atoms with E-state index in [1.165, 1.54) is 11.1 Å². The number of hydrogen-bond acceptors (Lipinski definition) is 2. The maximum atomic E-state index is 11.6. The molecule has 0 aliphatic rings. The van der Waals surface area contributed by atoms with Crippen molar-refractivity contribution in [3.8, 4) is 0 Å². The molecule has 1 aromatic rings. The van der Waals surface area contributed by atoms with Crippen molar-refractivity contribution >= 4 is 5.91 Å². The molecule has 1 aromatic carbocycles. The van der Waals surface area contributed by atoms with Crippen molar-refractivity contribution in [3.05, 3.63) is 35.4 Å². The van der Waals surface area contributed by atoms with E-state index in [1.54, 1.807) is 0 Å². The van der Waals surface area contributed by atoms with Crippen LogP contribution in [0.3, 0.4) is 0 Å². The first-order chi connectivity index (χ1) is 8.15. The number of benzene rings is 1. The maximum absolute atomic E-state index is 11.6. The zero-order valence-electron chi connectivity index (χ0n) is 10.7. The van der Waals surface area contributed by atoms with E-state index in [-0.39, 0.29) is 11.9 Å². The lowest BCUT2D eigenvalue weighted by atomic mass is 10.1. The van der Waals surface area contributed by atoms with Gasteiger partial charge in [0, 0.05) is 6.54 Å². The Balaban J connectivity index is 2.33. The Labute approximate surface area is 103 Å². The Morgan fingerprint density at radius 3 is 2.76 bits per heavy atom. The molecule has 1 atom stereocenters. The van der Waals surface area contributed by atoms with E-state index in [1.807, 2.05) is 19.1 Å². The number of aryl methyl sites for hydroxylation is 1. The molecule has 94 valence electrons. The number of carbonyl (C=O) groups excluding carboxylic acids is 1. The van der Waals surface area contributed by atoms with Crippen molar-refractivity contribution in [1.82, 2.24) is 5.32 Å². The molecule has 0 radical (unpaired) electrons. The lowest BCUT2D eigenvalue weighted by Gasteiger charge is -2.11. The second-order valence-corrected chi connectivity index (χ2v) is 4.36. The van der Waals surface area contributed by atoms with Gasteiger partial charge in [0.2, 0.25) is 5.91 Å². The largest absolute Gasteiger partial charge is 0.354 e. The minimum atomic E-state index is -0.364. The number of amides is 1. The highest BCUT2D eigenvalue weighted by Crippen LogP contribution is 2.06. The molecular weight excluding hydrogens is 212 g/mol. The molecule has 0 aliphatic heterocycles. The molecule has 3 N–H and O–H groups in total. The van der Waals surface area contributed by atoms with Crippen LogP contribution in [-0.4, -0.2) is 18.5 Å². The number of nitrogens with two attached hydrogens (primary N) is 1. The molecule has 1 rings (SSSR count). The summed E-state index contributed by atoms with van der Waals surface area (Å²) in [5.41, 5.74) is 8.26. The summed E-state index contributed by atoms with van der Waals surface area (Å²) in [4.78, 5) is 11.6. The van der Waals surface area contributed by atoms with Crippen LogP contribution in [-0.2, 0) is 11.2 Å². The maximum Gasteiger partial charge on any atom is 0.236 e. The number of carbonyl (C=O) groups is 1. The van der Waals surface area contributed by atoms with E-state index in [9.17, 15) is 4.79 Å². The van der Waals surface area contributed by atoms with Crippen molar-refractivity contribution in [3.63, 3.8) is 0 Å². The molecule has 0 fully saturated rings. The number of rotatable bonds is 6. The standard InChI is InChI=1S/C14H22N2O/c1-3-6-13(15)14(17)16-10-9-12-8-5-4-7-11(12)2/h4-5,7-8,13H,3,6,9-10,15H2,1-2H3,(H,16,17). The lowest BCUT2D eigenvalue weighted by Crippen LogP contribution is -2.41. The Bertz CT molecular complexity index is 363. The molecule has 0 spiro atoms. The van der Waals surface area contributed by atoms with E-state index in [4.69, 9.17) is 5.73 Å². The van der Waals surface area contributed by atoms with Gasteiger partial charge in [0.15, 0.2) is 0 Å². The average Bonchev–Trinajstić information content (AvgIpc) is 2.31. The smallest absolute Gasteiger partial charge is 0.236 e. The quantitative estimate of drug-likeness (QED) is 0.788. The molecule has 3 nitrogen and oxygen atoms in total. The molecule has 3 heteroatoms. The predicted octanol–water partition coefficient (Wildman–Crippen LogP) is 1.78. The van der Waals surface area contributed by atoms with E-state index in [0.717, 1.165) is 19.3 Å². The molecule has 0 saturated carbocycles. The van der Waals surface area contributed by atoms with Gasteiger partial charge in [-0.2, -0.15) is 0 Å². The van der Waals surface area contributed by atoms with Crippen LogP contribution in [0.25, 0.3) is 0 Å². The van der Waals surface area contributed by atoms with Gasteiger partial charge in [0.1, 0.15) is 0 Å². The first-order valence-corrected chi connectivity index (χ1v) is 6.23. The highest BCUT2D eigenvalue weighted by Gasteiger charge is 2.10. The monoisotopic (exact) mass is 234 g/mol. The third kappa shape index (κ3) is 4.57. The summed E-state index contributed by atoms with van der Waals surface area (Å²) >= 11 is 0. The van der Waals surface area contributed by atoms with Gasteiger partial charge >= 0.3 is 0 Å². The van der Waals surface area contributed by atoms with Crippen LogP contribution in [0.4, 0.5) is 0 Å². The van der Waals surface area contributed by atoms with E-state index >= 15 is 0 Å². The van der Waals surface area contributed by atoms with Crippen molar-refractivity contribution < 1.29 is 4.79 Å². The van der Waals surface area contributed by atoms with Crippen LogP contribution in [0.15, 0.2) is 24.3 Å². The molecule has 0 aliphatic carbocycles. The van der Waals surface area contributed by atoms with Gasteiger partial charge in [-0.1, -0.05) is 37.6 Å². The van der Waals surface area contributed by atoms with Gasteiger partial charge in [-0.15, -0.1) is 0 Å². The predicted molar refractivity (Wildman–Crippen MR) is 70.8 cm³/mol. The highest BCUT2D eigenvalue weighted by atomic mass is 16.2. The van der Waals surface area contributed by atoms with Crippen LogP contribution in [0.2, 0.25) is 0 Å². The number of hydrogen-bond donors (Lipinski definition) is 2. The van der Waals surface area contributed by atoms with E-state index < -0.39 is 0 Å². The third-order valence-corrected chi connectivity index (χ3v) is 2.89. The summed E-state index contributed by atoms with van der Waals surface area (Å²) in [5, 5.41) is 2.88. The normalized spacial score (nSPS) is 12.2. The summed E-state index contributed by atoms with van der Waals surface area (Å²) in [6.07, 6.45) is 2.54. The van der Waals surface area contributed by atoms with Gasteiger partial charge in [-0.3, -0.25) is 4.79 Å². The third-order valence-electron chi connectivity index (χ3n) is 2.89. The van der Waals surface area contributed by atoms with Crippen LogP contribution < -0.4 is 11.1 Å². The first kappa shape index (κ1) is 13.7. The molecule has 0 bridgehead atoms. The van der Waals surface area contributed by atoms with Crippen LogP contribution >= 0.6 is 0 Å². The lowest BCUT2D eigenvalue weighted by molar-refractivity contribution is -0.122. The summed E-state index contributed by atoms with van der Waals surface area (Å²) in [6.45, 7) is 4.77. The highest BCUT2D eigenvalue weighted by molar-refractivity contribution is 5.81. The van der Waals surface area contributed by atoms with Crippen molar-refractivity contribution in [1.29, 1.82) is 0 Å². The summed E-state index contributed by atoms with van der Waals surface area (Å²) < 4.78 is 0. The van der Waals surface area contributed by atoms with Crippen molar-refractivity contribution in [2.75, 3.05) is 6.54 Å². The van der Waals surface area contributed by atoms with Crippen LogP contribution in [0.1, 0.15) is 30.9 Å². The fourth-order valence-corrected chi connectivity index (χ4v) is 1.78. The molecule has 1 unspecified atom stereocenters. The fraction of sp³-hybridized carbons (Fsp3) is 0.500. The summed E-state index contributed by atoms with van der Waals surface area (Å²) in [6, 6.07) is 7.85. The van der Waals surface area contributed by atoms with Crippen molar-refractivity contribution in [2.45, 2.75) is 39.2 Å². The van der Waals surface area contributed by atoms with E-state index in [0.29, 0.717) is 6.54 Å². The van der Waals surface area contributed by atoms with E-state index in [2.05, 4.69) is 24.4 Å². The zero-order chi connectivity index (χ0) is 12.7. The van der Waals surface area contributed by atoms with Crippen molar-refractivity contribution in [2.24, 2.45) is 5.73 Å². The van der Waals surface area contributed by atoms with Gasteiger partial charge in [0.05, 0.1) is 6.04 Å².